The molecule has 0 saturated carbocycles. The summed E-state index contributed by atoms with van der Waals surface area (Å²) < 4.78 is 32.1. The number of benzene rings is 2. The first-order chi connectivity index (χ1) is 11.5. The lowest BCUT2D eigenvalue weighted by molar-refractivity contribution is 0.118. The molecule has 0 fully saturated rings. The van der Waals surface area contributed by atoms with Crippen molar-refractivity contribution in [2.75, 3.05) is 18.4 Å². The Morgan fingerprint density at radius 3 is 2.58 bits per heavy atom. The van der Waals surface area contributed by atoms with E-state index < -0.39 is 10.0 Å². The molecule has 24 heavy (non-hydrogen) atoms. The average molecular weight is 346 g/mol. The molecule has 0 spiro atoms. The summed E-state index contributed by atoms with van der Waals surface area (Å²) in [6.45, 7) is 0.998. The molecule has 126 valence electrons. The molecule has 0 unspecified atom stereocenters. The van der Waals surface area contributed by atoms with Crippen LogP contribution in [0.25, 0.3) is 0 Å². The monoisotopic (exact) mass is 346 g/mol. The van der Waals surface area contributed by atoms with Gasteiger partial charge in [0.2, 0.25) is 0 Å². The molecule has 2 aromatic carbocycles. The van der Waals surface area contributed by atoms with E-state index in [9.17, 15) is 13.2 Å². The topological polar surface area (TPSA) is 75.7 Å². The second-order valence-corrected chi connectivity index (χ2v) is 7.23. The maximum atomic E-state index is 12.4. The van der Waals surface area contributed by atoms with Gasteiger partial charge in [-0.2, -0.15) is 0 Å². The van der Waals surface area contributed by atoms with E-state index in [0.717, 1.165) is 17.5 Å². The molecular weight excluding hydrogens is 328 g/mol. The highest BCUT2D eigenvalue weighted by Crippen LogP contribution is 2.24. The Morgan fingerprint density at radius 1 is 1.12 bits per heavy atom. The third kappa shape index (κ3) is 3.35. The van der Waals surface area contributed by atoms with Crippen LogP contribution in [0, 0.1) is 0 Å². The number of anilines is 1. The number of fused-ring (bicyclic) bond motifs is 1. The van der Waals surface area contributed by atoms with E-state index in [1.807, 2.05) is 6.07 Å². The first-order valence-electron chi connectivity index (χ1n) is 7.52. The number of sulfonamides is 1. The minimum absolute atomic E-state index is 0.207. The molecule has 6 nitrogen and oxygen atoms in total. The standard InChI is InChI=1S/C17H18N2O4S/c1-23-17(20)19-10-9-13-7-8-15(11-14(13)12-19)18-24(21,22)16-5-3-2-4-6-16/h2-8,11,18H,9-10,12H2,1H3. The van der Waals surface area contributed by atoms with Crippen molar-refractivity contribution >= 4 is 21.8 Å². The van der Waals surface area contributed by atoms with Gasteiger partial charge in [0.05, 0.1) is 12.0 Å². The fraction of sp³-hybridized carbons (Fsp3) is 0.235. The van der Waals surface area contributed by atoms with Crippen molar-refractivity contribution in [2.45, 2.75) is 17.9 Å². The number of carbonyl (C=O) groups is 1. The van der Waals surface area contributed by atoms with Gasteiger partial charge >= 0.3 is 6.09 Å². The first kappa shape index (κ1) is 16.3. The Morgan fingerprint density at radius 2 is 1.88 bits per heavy atom. The van der Waals surface area contributed by atoms with E-state index in [4.69, 9.17) is 4.74 Å². The van der Waals surface area contributed by atoms with E-state index >= 15 is 0 Å². The van der Waals surface area contributed by atoms with Crippen LogP contribution >= 0.6 is 0 Å². The van der Waals surface area contributed by atoms with Crippen molar-refractivity contribution < 1.29 is 17.9 Å². The van der Waals surface area contributed by atoms with Gasteiger partial charge in [0, 0.05) is 18.8 Å². The lowest BCUT2D eigenvalue weighted by atomic mass is 9.99. The van der Waals surface area contributed by atoms with Crippen molar-refractivity contribution in [1.29, 1.82) is 0 Å². The minimum Gasteiger partial charge on any atom is -0.453 e. The number of carbonyl (C=O) groups excluding carboxylic acids is 1. The smallest absolute Gasteiger partial charge is 0.409 e. The molecule has 0 aliphatic carbocycles. The highest BCUT2D eigenvalue weighted by Gasteiger charge is 2.22. The van der Waals surface area contributed by atoms with Crippen LogP contribution in [0.3, 0.4) is 0 Å². The summed E-state index contributed by atoms with van der Waals surface area (Å²) in [5.41, 5.74) is 2.50. The Labute approximate surface area is 141 Å². The number of nitrogens with zero attached hydrogens (tertiary/aromatic N) is 1. The third-order valence-electron chi connectivity index (χ3n) is 3.96. The SMILES string of the molecule is COC(=O)N1CCc2ccc(NS(=O)(=O)c3ccccc3)cc2C1. The van der Waals surface area contributed by atoms with Crippen LogP contribution in [0.1, 0.15) is 11.1 Å². The molecule has 0 aromatic heterocycles. The van der Waals surface area contributed by atoms with Crippen molar-refractivity contribution in [3.8, 4) is 0 Å². The fourth-order valence-electron chi connectivity index (χ4n) is 2.72. The molecule has 1 N–H and O–H groups in total. The van der Waals surface area contributed by atoms with Crippen LogP contribution in [0.5, 0.6) is 0 Å². The predicted octanol–water partition coefficient (Wildman–Crippen LogP) is 2.61. The number of hydrogen-bond donors (Lipinski definition) is 1. The van der Waals surface area contributed by atoms with Gasteiger partial charge in [-0.3, -0.25) is 4.72 Å². The van der Waals surface area contributed by atoms with Crippen molar-refractivity contribution in [3.63, 3.8) is 0 Å². The molecule has 1 aliphatic heterocycles. The van der Waals surface area contributed by atoms with Crippen molar-refractivity contribution in [1.82, 2.24) is 4.90 Å². The Balaban J connectivity index is 1.83. The van der Waals surface area contributed by atoms with Gasteiger partial charge in [-0.05, 0) is 41.8 Å². The average Bonchev–Trinajstić information content (AvgIpc) is 2.61. The quantitative estimate of drug-likeness (QED) is 0.927. The lowest BCUT2D eigenvalue weighted by Gasteiger charge is -2.28. The summed E-state index contributed by atoms with van der Waals surface area (Å²) in [6, 6.07) is 13.6. The molecular formula is C17H18N2O4S. The minimum atomic E-state index is -3.63. The van der Waals surface area contributed by atoms with Crippen LogP contribution in [0.4, 0.5) is 10.5 Å². The maximum absolute atomic E-state index is 12.4. The highest BCUT2D eigenvalue weighted by molar-refractivity contribution is 7.92. The Kier molecular flexibility index (Phi) is 4.44. The van der Waals surface area contributed by atoms with E-state index in [0.29, 0.717) is 18.8 Å². The zero-order valence-electron chi connectivity index (χ0n) is 13.2. The predicted molar refractivity (Wildman–Crippen MR) is 90.2 cm³/mol. The number of nitrogens with one attached hydrogen (secondary N) is 1. The van der Waals surface area contributed by atoms with Gasteiger partial charge in [-0.1, -0.05) is 24.3 Å². The molecule has 1 heterocycles. The van der Waals surface area contributed by atoms with Gasteiger partial charge in [0.15, 0.2) is 0 Å². The third-order valence-corrected chi connectivity index (χ3v) is 5.35. The van der Waals surface area contributed by atoms with E-state index in [1.54, 1.807) is 47.4 Å². The fourth-order valence-corrected chi connectivity index (χ4v) is 3.79. The molecule has 2 aromatic rings. The summed E-state index contributed by atoms with van der Waals surface area (Å²) in [4.78, 5) is 13.5. The zero-order valence-corrected chi connectivity index (χ0v) is 14.0. The van der Waals surface area contributed by atoms with E-state index in [1.165, 1.54) is 7.11 Å². The van der Waals surface area contributed by atoms with E-state index in [2.05, 4.69) is 4.72 Å². The maximum Gasteiger partial charge on any atom is 0.409 e. The number of ether oxygens (including phenoxy) is 1. The number of hydrogen-bond acceptors (Lipinski definition) is 4. The molecule has 7 heteroatoms. The summed E-state index contributed by atoms with van der Waals surface area (Å²) in [7, 11) is -2.28. The van der Waals surface area contributed by atoms with Gasteiger partial charge in [0.1, 0.15) is 0 Å². The molecule has 1 amide bonds. The van der Waals surface area contributed by atoms with Gasteiger partial charge in [0.25, 0.3) is 10.0 Å². The normalized spacial score (nSPS) is 14.0. The molecule has 0 radical (unpaired) electrons. The molecule has 3 rings (SSSR count). The summed E-state index contributed by atoms with van der Waals surface area (Å²) in [6.07, 6.45) is 0.340. The zero-order chi connectivity index (χ0) is 17.2. The van der Waals surface area contributed by atoms with Crippen LogP contribution in [0.15, 0.2) is 53.4 Å². The van der Waals surface area contributed by atoms with Gasteiger partial charge < -0.3 is 9.64 Å². The molecule has 0 atom stereocenters. The van der Waals surface area contributed by atoms with Crippen molar-refractivity contribution in [3.05, 3.63) is 59.7 Å². The molecule has 0 bridgehead atoms. The lowest BCUT2D eigenvalue weighted by Crippen LogP contribution is -2.35. The summed E-state index contributed by atoms with van der Waals surface area (Å²) in [5.74, 6) is 0. The van der Waals surface area contributed by atoms with Crippen LogP contribution in [0.2, 0.25) is 0 Å². The molecule has 0 saturated heterocycles. The number of rotatable bonds is 3. The Hall–Kier alpha value is -2.54. The second kappa shape index (κ2) is 6.52. The van der Waals surface area contributed by atoms with Crippen LogP contribution < -0.4 is 4.72 Å². The van der Waals surface area contributed by atoms with Crippen LogP contribution in [-0.4, -0.2) is 33.1 Å². The van der Waals surface area contributed by atoms with Crippen molar-refractivity contribution in [2.24, 2.45) is 0 Å². The number of amides is 1. The first-order valence-corrected chi connectivity index (χ1v) is 9.00. The highest BCUT2D eigenvalue weighted by atomic mass is 32.2. The van der Waals surface area contributed by atoms with Gasteiger partial charge in [-0.25, -0.2) is 13.2 Å². The van der Waals surface area contributed by atoms with Crippen LogP contribution in [-0.2, 0) is 27.7 Å². The van der Waals surface area contributed by atoms with Gasteiger partial charge in [-0.15, -0.1) is 0 Å². The second-order valence-electron chi connectivity index (χ2n) is 5.54. The number of methoxy groups -OCH3 is 1. The molecule has 1 aliphatic rings. The summed E-state index contributed by atoms with van der Waals surface area (Å²) >= 11 is 0. The largest absolute Gasteiger partial charge is 0.453 e. The Bertz CT molecular complexity index is 850. The van der Waals surface area contributed by atoms with E-state index in [-0.39, 0.29) is 11.0 Å². The summed E-state index contributed by atoms with van der Waals surface area (Å²) in [5, 5.41) is 0.